The predicted molar refractivity (Wildman–Crippen MR) is 79.0 cm³/mol. The van der Waals surface area contributed by atoms with Crippen LogP contribution >= 0.6 is 11.8 Å². The maximum absolute atomic E-state index is 5.79. The highest BCUT2D eigenvalue weighted by Gasteiger charge is 1.98. The van der Waals surface area contributed by atoms with E-state index in [2.05, 4.69) is 24.3 Å². The Bertz CT molecular complexity index is 473. The zero-order valence-electron chi connectivity index (χ0n) is 10.2. The molecule has 3 heteroatoms. The number of para-hydroxylation sites is 2. The summed E-state index contributed by atoms with van der Waals surface area (Å²) in [5.74, 6) is 2.76. The molecular formula is C15H17NOS. The summed E-state index contributed by atoms with van der Waals surface area (Å²) >= 11 is 1.87. The van der Waals surface area contributed by atoms with Crippen LogP contribution in [0.1, 0.15) is 5.56 Å². The second-order valence-corrected chi connectivity index (χ2v) is 5.03. The summed E-state index contributed by atoms with van der Waals surface area (Å²) in [6.45, 7) is 0.686. The zero-order valence-corrected chi connectivity index (χ0v) is 11.0. The van der Waals surface area contributed by atoms with Crippen LogP contribution in [0.2, 0.25) is 0 Å². The molecule has 0 spiro atoms. The lowest BCUT2D eigenvalue weighted by Gasteiger charge is -2.08. The zero-order chi connectivity index (χ0) is 12.6. The van der Waals surface area contributed by atoms with E-state index in [0.717, 1.165) is 17.3 Å². The largest absolute Gasteiger partial charge is 0.491 e. The molecule has 0 atom stereocenters. The number of hydrogen-bond acceptors (Lipinski definition) is 3. The summed E-state index contributed by atoms with van der Waals surface area (Å²) in [6.07, 6.45) is 0. The maximum Gasteiger partial charge on any atom is 0.142 e. The van der Waals surface area contributed by atoms with E-state index in [9.17, 15) is 0 Å². The van der Waals surface area contributed by atoms with Crippen LogP contribution in [-0.2, 0) is 5.75 Å². The number of rotatable bonds is 6. The van der Waals surface area contributed by atoms with Gasteiger partial charge in [-0.05, 0) is 17.7 Å². The molecule has 0 bridgehead atoms. The summed E-state index contributed by atoms with van der Waals surface area (Å²) in [4.78, 5) is 0. The summed E-state index contributed by atoms with van der Waals surface area (Å²) in [7, 11) is 0. The van der Waals surface area contributed by atoms with Gasteiger partial charge in [0.15, 0.2) is 0 Å². The minimum atomic E-state index is 0.686. The standard InChI is InChI=1S/C15H17NOS/c16-14-8-4-5-9-15(14)17-10-11-18-12-13-6-2-1-3-7-13/h1-9H,10-12,16H2. The first-order chi connectivity index (χ1) is 8.86. The lowest BCUT2D eigenvalue weighted by molar-refractivity contribution is 0.346. The van der Waals surface area contributed by atoms with Crippen molar-refractivity contribution in [2.24, 2.45) is 0 Å². The van der Waals surface area contributed by atoms with Gasteiger partial charge >= 0.3 is 0 Å². The second kappa shape index (κ2) is 6.97. The Hall–Kier alpha value is -1.61. The van der Waals surface area contributed by atoms with Gasteiger partial charge in [0.1, 0.15) is 5.75 Å². The van der Waals surface area contributed by atoms with Crippen LogP contribution in [0.15, 0.2) is 54.6 Å². The first kappa shape index (κ1) is 12.8. The highest BCUT2D eigenvalue weighted by molar-refractivity contribution is 7.98. The fraction of sp³-hybridized carbons (Fsp3) is 0.200. The molecule has 2 N–H and O–H groups in total. The van der Waals surface area contributed by atoms with Gasteiger partial charge < -0.3 is 10.5 Å². The quantitative estimate of drug-likeness (QED) is 0.636. The van der Waals surface area contributed by atoms with E-state index in [1.54, 1.807) is 0 Å². The molecule has 94 valence electrons. The molecule has 0 radical (unpaired) electrons. The molecule has 0 unspecified atom stereocenters. The number of thioether (sulfide) groups is 1. The molecule has 0 aliphatic heterocycles. The van der Waals surface area contributed by atoms with Gasteiger partial charge in [0.2, 0.25) is 0 Å². The molecule has 0 heterocycles. The monoisotopic (exact) mass is 259 g/mol. The van der Waals surface area contributed by atoms with Crippen molar-refractivity contribution >= 4 is 17.4 Å². The Kier molecular flexibility index (Phi) is 4.97. The van der Waals surface area contributed by atoms with Crippen LogP contribution in [0.25, 0.3) is 0 Å². The second-order valence-electron chi connectivity index (χ2n) is 3.92. The highest BCUT2D eigenvalue weighted by atomic mass is 32.2. The molecule has 18 heavy (non-hydrogen) atoms. The van der Waals surface area contributed by atoms with Crippen molar-refractivity contribution in [3.63, 3.8) is 0 Å². The molecular weight excluding hydrogens is 242 g/mol. The summed E-state index contributed by atoms with van der Waals surface area (Å²) in [5, 5.41) is 0. The molecule has 0 saturated heterocycles. The number of nitrogen functional groups attached to an aromatic ring is 1. The first-order valence-electron chi connectivity index (χ1n) is 5.95. The topological polar surface area (TPSA) is 35.2 Å². The van der Waals surface area contributed by atoms with Crippen molar-refractivity contribution in [2.75, 3.05) is 18.1 Å². The predicted octanol–water partition coefficient (Wildman–Crippen LogP) is 3.58. The van der Waals surface area contributed by atoms with E-state index in [-0.39, 0.29) is 0 Å². The molecule has 0 aliphatic rings. The van der Waals surface area contributed by atoms with Gasteiger partial charge in [0.25, 0.3) is 0 Å². The van der Waals surface area contributed by atoms with Crippen LogP contribution in [0.4, 0.5) is 5.69 Å². The fourth-order valence-electron chi connectivity index (χ4n) is 1.59. The van der Waals surface area contributed by atoms with Crippen LogP contribution in [0.3, 0.4) is 0 Å². The van der Waals surface area contributed by atoms with Gasteiger partial charge in [-0.15, -0.1) is 0 Å². The molecule has 0 fully saturated rings. The average Bonchev–Trinajstić information content (AvgIpc) is 2.42. The van der Waals surface area contributed by atoms with Gasteiger partial charge in [0, 0.05) is 11.5 Å². The SMILES string of the molecule is Nc1ccccc1OCCSCc1ccccc1. The lowest BCUT2D eigenvalue weighted by atomic mass is 10.2. The minimum Gasteiger partial charge on any atom is -0.491 e. The van der Waals surface area contributed by atoms with Crippen molar-refractivity contribution in [2.45, 2.75) is 5.75 Å². The third-order valence-corrected chi connectivity index (χ3v) is 3.51. The van der Waals surface area contributed by atoms with Crippen molar-refractivity contribution < 1.29 is 4.74 Å². The molecule has 0 aliphatic carbocycles. The number of ether oxygens (including phenoxy) is 1. The summed E-state index contributed by atoms with van der Waals surface area (Å²) < 4.78 is 5.63. The Morgan fingerprint density at radius 1 is 0.944 bits per heavy atom. The maximum atomic E-state index is 5.79. The van der Waals surface area contributed by atoms with E-state index in [0.29, 0.717) is 12.3 Å². The Balaban J connectivity index is 1.66. The molecule has 2 aromatic carbocycles. The van der Waals surface area contributed by atoms with Crippen molar-refractivity contribution in [3.8, 4) is 5.75 Å². The Labute approximate surface area is 112 Å². The molecule has 0 aromatic heterocycles. The lowest BCUT2D eigenvalue weighted by Crippen LogP contribution is -2.02. The third-order valence-electron chi connectivity index (χ3n) is 2.52. The van der Waals surface area contributed by atoms with Gasteiger partial charge in [-0.3, -0.25) is 0 Å². The van der Waals surface area contributed by atoms with E-state index in [1.807, 2.05) is 42.1 Å². The third kappa shape index (κ3) is 4.00. The molecule has 2 nitrogen and oxygen atoms in total. The highest BCUT2D eigenvalue weighted by Crippen LogP contribution is 2.20. The normalized spacial score (nSPS) is 10.2. The van der Waals surface area contributed by atoms with Gasteiger partial charge in [0.05, 0.1) is 12.3 Å². The molecule has 2 rings (SSSR count). The first-order valence-corrected chi connectivity index (χ1v) is 7.11. The van der Waals surface area contributed by atoms with Gasteiger partial charge in [-0.2, -0.15) is 11.8 Å². The van der Waals surface area contributed by atoms with E-state index >= 15 is 0 Å². The molecule has 0 saturated carbocycles. The van der Waals surface area contributed by atoms with Crippen molar-refractivity contribution in [1.82, 2.24) is 0 Å². The average molecular weight is 259 g/mol. The molecule has 0 amide bonds. The van der Waals surface area contributed by atoms with Crippen molar-refractivity contribution in [1.29, 1.82) is 0 Å². The smallest absolute Gasteiger partial charge is 0.142 e. The fourth-order valence-corrected chi connectivity index (χ4v) is 2.36. The Morgan fingerprint density at radius 2 is 1.67 bits per heavy atom. The van der Waals surface area contributed by atoms with Gasteiger partial charge in [-0.25, -0.2) is 0 Å². The van der Waals surface area contributed by atoms with Crippen LogP contribution in [-0.4, -0.2) is 12.4 Å². The van der Waals surface area contributed by atoms with Crippen LogP contribution < -0.4 is 10.5 Å². The van der Waals surface area contributed by atoms with E-state index < -0.39 is 0 Å². The van der Waals surface area contributed by atoms with Crippen LogP contribution in [0.5, 0.6) is 5.75 Å². The molecule has 2 aromatic rings. The summed E-state index contributed by atoms with van der Waals surface area (Å²) in [5.41, 5.74) is 7.84. The number of hydrogen-bond donors (Lipinski definition) is 1. The number of benzene rings is 2. The number of anilines is 1. The number of nitrogens with two attached hydrogens (primary N) is 1. The summed E-state index contributed by atoms with van der Waals surface area (Å²) in [6, 6.07) is 18.1. The van der Waals surface area contributed by atoms with Crippen LogP contribution in [0, 0.1) is 0 Å². The van der Waals surface area contributed by atoms with Gasteiger partial charge in [-0.1, -0.05) is 42.5 Å². The van der Waals surface area contributed by atoms with Crippen molar-refractivity contribution in [3.05, 3.63) is 60.2 Å². The van der Waals surface area contributed by atoms with E-state index in [1.165, 1.54) is 5.56 Å². The minimum absolute atomic E-state index is 0.686. The Morgan fingerprint density at radius 3 is 2.44 bits per heavy atom. The van der Waals surface area contributed by atoms with E-state index in [4.69, 9.17) is 10.5 Å².